The summed E-state index contributed by atoms with van der Waals surface area (Å²) in [7, 11) is 3.29. The Kier molecular flexibility index (Phi) is 7.70. The molecule has 0 saturated carbocycles. The molecule has 0 spiro atoms. The van der Waals surface area contributed by atoms with Crippen molar-refractivity contribution in [3.8, 4) is 17.2 Å². The van der Waals surface area contributed by atoms with E-state index in [2.05, 4.69) is 4.90 Å². The van der Waals surface area contributed by atoms with Gasteiger partial charge in [0.05, 0.1) is 26.2 Å². The molecule has 1 aliphatic rings. The monoisotopic (exact) mass is 461 g/mol. The molecule has 6 heteroatoms. The van der Waals surface area contributed by atoms with Crippen molar-refractivity contribution in [2.75, 3.05) is 27.3 Å². The molecule has 0 aromatic heterocycles. The van der Waals surface area contributed by atoms with E-state index in [1.54, 1.807) is 14.2 Å². The van der Waals surface area contributed by atoms with Gasteiger partial charge in [0.25, 0.3) is 0 Å². The second-order valence-corrected chi connectivity index (χ2v) is 8.53. The first-order valence-corrected chi connectivity index (χ1v) is 11.5. The lowest BCUT2D eigenvalue weighted by Crippen LogP contribution is -2.41. The fraction of sp³-hybridized carbons (Fsp3) is 0.321. The first-order chi connectivity index (χ1) is 16.6. The lowest BCUT2D eigenvalue weighted by Gasteiger charge is -2.38. The lowest BCUT2D eigenvalue weighted by molar-refractivity contribution is -0.143. The van der Waals surface area contributed by atoms with E-state index in [1.165, 1.54) is 0 Å². The molecule has 2 unspecified atom stereocenters. The zero-order valence-corrected chi connectivity index (χ0v) is 19.6. The lowest BCUT2D eigenvalue weighted by atomic mass is 9.91. The van der Waals surface area contributed by atoms with Crippen LogP contribution in [0, 0.1) is 5.92 Å². The summed E-state index contributed by atoms with van der Waals surface area (Å²) in [4.78, 5) is 14.0. The van der Waals surface area contributed by atoms with Gasteiger partial charge in [-0.2, -0.15) is 0 Å². The highest BCUT2D eigenvalue weighted by atomic mass is 16.5. The highest BCUT2D eigenvalue weighted by molar-refractivity contribution is 5.70. The Labute approximate surface area is 200 Å². The van der Waals surface area contributed by atoms with Gasteiger partial charge in [0, 0.05) is 12.1 Å². The Hall–Kier alpha value is -3.51. The van der Waals surface area contributed by atoms with E-state index < -0.39 is 5.97 Å². The largest absolute Gasteiger partial charge is 0.497 e. The number of rotatable bonds is 9. The average Bonchev–Trinajstić information content (AvgIpc) is 2.89. The normalized spacial score (nSPS) is 17.1. The van der Waals surface area contributed by atoms with Crippen LogP contribution in [0.15, 0.2) is 72.8 Å². The quantitative estimate of drug-likeness (QED) is 0.474. The Balaban J connectivity index is 1.65. The van der Waals surface area contributed by atoms with Gasteiger partial charge in [0.15, 0.2) is 0 Å². The van der Waals surface area contributed by atoms with Crippen LogP contribution >= 0.6 is 0 Å². The first kappa shape index (κ1) is 23.6. The number of carbonyl (C=O) groups is 1. The van der Waals surface area contributed by atoms with E-state index in [4.69, 9.17) is 14.2 Å². The fourth-order valence-corrected chi connectivity index (χ4v) is 4.57. The molecular weight excluding hydrogens is 430 g/mol. The molecule has 1 fully saturated rings. The summed E-state index contributed by atoms with van der Waals surface area (Å²) in [5.41, 5.74) is 3.11. The summed E-state index contributed by atoms with van der Waals surface area (Å²) in [6, 6.07) is 23.7. The summed E-state index contributed by atoms with van der Waals surface area (Å²) in [5, 5.41) is 9.66. The predicted molar refractivity (Wildman–Crippen MR) is 131 cm³/mol. The van der Waals surface area contributed by atoms with Crippen LogP contribution in [-0.2, 0) is 11.4 Å². The van der Waals surface area contributed by atoms with Crippen LogP contribution in [0.5, 0.6) is 17.2 Å². The minimum Gasteiger partial charge on any atom is -0.497 e. The van der Waals surface area contributed by atoms with Crippen molar-refractivity contribution in [2.45, 2.75) is 25.5 Å². The van der Waals surface area contributed by atoms with Crippen LogP contribution in [0.1, 0.15) is 35.6 Å². The van der Waals surface area contributed by atoms with Crippen molar-refractivity contribution < 1.29 is 24.1 Å². The fourth-order valence-electron chi connectivity index (χ4n) is 4.57. The van der Waals surface area contributed by atoms with Gasteiger partial charge < -0.3 is 19.3 Å². The third-order valence-corrected chi connectivity index (χ3v) is 6.34. The van der Waals surface area contributed by atoms with Gasteiger partial charge in [-0.3, -0.25) is 9.69 Å². The third kappa shape index (κ3) is 5.51. The molecule has 6 nitrogen and oxygen atoms in total. The van der Waals surface area contributed by atoms with Gasteiger partial charge in [-0.1, -0.05) is 42.5 Å². The maximum Gasteiger partial charge on any atom is 0.307 e. The number of nitrogens with zero attached hydrogens (tertiary/aromatic N) is 1. The minimum atomic E-state index is -0.745. The molecule has 3 aromatic carbocycles. The Bertz CT molecular complexity index is 1080. The average molecular weight is 462 g/mol. The van der Waals surface area contributed by atoms with Crippen LogP contribution in [0.4, 0.5) is 0 Å². The summed E-state index contributed by atoms with van der Waals surface area (Å²) in [6.07, 6.45) is 1.53. The van der Waals surface area contributed by atoms with Crippen molar-refractivity contribution in [1.82, 2.24) is 4.90 Å². The summed E-state index contributed by atoms with van der Waals surface area (Å²) >= 11 is 0. The van der Waals surface area contributed by atoms with Crippen LogP contribution in [-0.4, -0.2) is 43.3 Å². The second-order valence-electron chi connectivity index (χ2n) is 8.53. The van der Waals surface area contributed by atoms with E-state index in [0.29, 0.717) is 19.6 Å². The van der Waals surface area contributed by atoms with Gasteiger partial charge in [0.2, 0.25) is 0 Å². The molecule has 2 atom stereocenters. The molecule has 34 heavy (non-hydrogen) atoms. The van der Waals surface area contributed by atoms with Crippen molar-refractivity contribution in [3.05, 3.63) is 89.5 Å². The number of carboxylic acids is 1. The van der Waals surface area contributed by atoms with Gasteiger partial charge in [0.1, 0.15) is 23.9 Å². The minimum absolute atomic E-state index is 0.171. The second kappa shape index (κ2) is 11.1. The highest BCUT2D eigenvalue weighted by Crippen LogP contribution is 2.39. The van der Waals surface area contributed by atoms with Crippen molar-refractivity contribution in [2.24, 2.45) is 5.92 Å². The number of likely N-dealkylation sites (tertiary alicyclic amines) is 1. The molecule has 1 heterocycles. The standard InChI is InChI=1S/C28H31NO5/c1-32-24-14-15-26(33-2)25(17-24)27(29-16-6-9-22(18-29)28(30)31)21-10-12-23(13-11-21)34-19-20-7-4-3-5-8-20/h3-5,7-8,10-15,17,22,27H,6,9,16,18-19H2,1-2H3,(H,30,31). The number of piperidine rings is 1. The summed E-state index contributed by atoms with van der Waals surface area (Å²) in [5.74, 6) is 1.13. The number of aliphatic carboxylic acids is 1. The van der Waals surface area contributed by atoms with Crippen LogP contribution in [0.25, 0.3) is 0 Å². The summed E-state index contributed by atoms with van der Waals surface area (Å²) in [6.45, 7) is 1.79. The van der Waals surface area contributed by atoms with E-state index in [-0.39, 0.29) is 12.0 Å². The molecule has 0 aliphatic carbocycles. The van der Waals surface area contributed by atoms with Gasteiger partial charge in [-0.25, -0.2) is 0 Å². The number of carboxylic acid groups (broad SMARTS) is 1. The van der Waals surface area contributed by atoms with Gasteiger partial charge in [-0.05, 0) is 60.8 Å². The van der Waals surface area contributed by atoms with Gasteiger partial charge in [-0.15, -0.1) is 0 Å². The zero-order chi connectivity index (χ0) is 23.9. The smallest absolute Gasteiger partial charge is 0.307 e. The predicted octanol–water partition coefficient (Wildman–Crippen LogP) is 5.17. The molecule has 1 saturated heterocycles. The molecule has 1 N–H and O–H groups in total. The molecule has 178 valence electrons. The Morgan fingerprint density at radius 2 is 1.74 bits per heavy atom. The number of hydrogen-bond acceptors (Lipinski definition) is 5. The highest BCUT2D eigenvalue weighted by Gasteiger charge is 2.33. The molecule has 0 bridgehead atoms. The maximum absolute atomic E-state index is 11.8. The van der Waals surface area contributed by atoms with E-state index in [9.17, 15) is 9.90 Å². The SMILES string of the molecule is COc1ccc(OC)c(C(c2ccc(OCc3ccccc3)cc2)N2CCCC(C(=O)O)C2)c1. The van der Waals surface area contributed by atoms with Crippen molar-refractivity contribution in [1.29, 1.82) is 0 Å². The molecule has 1 aliphatic heterocycles. The maximum atomic E-state index is 11.8. The van der Waals surface area contributed by atoms with Crippen LogP contribution in [0.3, 0.4) is 0 Å². The topological polar surface area (TPSA) is 68.2 Å². The first-order valence-electron chi connectivity index (χ1n) is 11.5. The van der Waals surface area contributed by atoms with E-state index >= 15 is 0 Å². The number of benzene rings is 3. The molecular formula is C28H31NO5. The van der Waals surface area contributed by atoms with Crippen LogP contribution in [0.2, 0.25) is 0 Å². The Morgan fingerprint density at radius 1 is 1.00 bits per heavy atom. The molecule has 0 radical (unpaired) electrons. The third-order valence-electron chi connectivity index (χ3n) is 6.34. The van der Waals surface area contributed by atoms with E-state index in [0.717, 1.165) is 46.9 Å². The van der Waals surface area contributed by atoms with E-state index in [1.807, 2.05) is 72.8 Å². The van der Waals surface area contributed by atoms with Crippen molar-refractivity contribution >= 4 is 5.97 Å². The molecule has 4 rings (SSSR count). The molecule has 3 aromatic rings. The van der Waals surface area contributed by atoms with Crippen LogP contribution < -0.4 is 14.2 Å². The number of methoxy groups -OCH3 is 2. The number of hydrogen-bond donors (Lipinski definition) is 1. The number of ether oxygens (including phenoxy) is 3. The van der Waals surface area contributed by atoms with Gasteiger partial charge >= 0.3 is 5.97 Å². The molecule has 0 amide bonds. The Morgan fingerprint density at radius 3 is 2.41 bits per heavy atom. The zero-order valence-electron chi connectivity index (χ0n) is 19.6. The summed E-state index contributed by atoms with van der Waals surface area (Å²) < 4.78 is 17.2. The van der Waals surface area contributed by atoms with Crippen molar-refractivity contribution in [3.63, 3.8) is 0 Å².